The molecular formula is C45H47ClF10N8O6S2. The lowest BCUT2D eigenvalue weighted by Gasteiger charge is -2.24. The summed E-state index contributed by atoms with van der Waals surface area (Å²) in [5.41, 5.74) is -4.90. The van der Waals surface area contributed by atoms with Gasteiger partial charge in [-0.1, -0.05) is 37.4 Å². The molecule has 3 atom stereocenters. The van der Waals surface area contributed by atoms with Crippen molar-refractivity contribution >= 4 is 68.5 Å². The Bertz CT molecular complexity index is 2930. The number of fused-ring (bicyclic) bond motifs is 2. The van der Waals surface area contributed by atoms with Gasteiger partial charge in [-0.15, -0.1) is 0 Å². The molecule has 0 aliphatic heterocycles. The average molecular weight is 1090 g/mol. The van der Waals surface area contributed by atoms with E-state index in [1.54, 1.807) is 20.8 Å². The second kappa shape index (κ2) is 23.2. The lowest BCUT2D eigenvalue weighted by molar-refractivity contribution is -0.142. The minimum absolute atomic E-state index is 0.0689. The summed E-state index contributed by atoms with van der Waals surface area (Å²) in [4.78, 5) is 41.7. The van der Waals surface area contributed by atoms with E-state index in [9.17, 15) is 53.1 Å². The second-order valence-corrected chi connectivity index (χ2v) is 19.6. The summed E-state index contributed by atoms with van der Waals surface area (Å²) >= 11 is 6.68. The number of aromatic nitrogens is 5. The molecule has 1 aliphatic carbocycles. The monoisotopic (exact) mass is 1080 g/mol. The van der Waals surface area contributed by atoms with Crippen molar-refractivity contribution in [2.75, 3.05) is 30.4 Å². The Labute approximate surface area is 416 Å². The Hall–Kier alpha value is -6.07. The lowest BCUT2D eigenvalue weighted by atomic mass is 9.93. The van der Waals surface area contributed by atoms with Gasteiger partial charge in [-0.25, -0.2) is 22.8 Å². The summed E-state index contributed by atoms with van der Waals surface area (Å²) in [7, 11) is -2.46. The molecule has 3 aromatic heterocycles. The molecule has 0 saturated carbocycles. The van der Waals surface area contributed by atoms with Gasteiger partial charge in [0.1, 0.15) is 51.8 Å². The fourth-order valence-corrected chi connectivity index (χ4v) is 8.45. The van der Waals surface area contributed by atoms with Gasteiger partial charge in [0.15, 0.2) is 11.5 Å². The third kappa shape index (κ3) is 13.5. The molecule has 14 nitrogen and oxygen atoms in total. The van der Waals surface area contributed by atoms with Crippen LogP contribution in [0.5, 0.6) is 0 Å². The van der Waals surface area contributed by atoms with Crippen LogP contribution >= 0.6 is 11.6 Å². The Morgan fingerprint density at radius 3 is 2.12 bits per heavy atom. The molecule has 392 valence electrons. The number of hydrogen-bond acceptors (Lipinski definition) is 8. The first-order valence-corrected chi connectivity index (χ1v) is 24.8. The van der Waals surface area contributed by atoms with E-state index < -0.39 is 135 Å². The third-order valence-electron chi connectivity index (χ3n) is 10.7. The standard InChI is InChI=1S/C42H39ClF10N8O4S2.C2H6.CH2O2/c1-7-58(4)38(63)61(67(6)65)37-32-29(43)11-10-27(34(32)60(57-37)21-41(48,49)50)26-9-8-25(12-14-39(2,3)66(5)64)54-33(26)30(18-22-16-23(44)19-24(45)17-22)55-31(62)20-59-36-28(13-15-40(36,46)47)35(56-59)42(51,52)53;1-2;2-1-3/h8-11,16-17,19,30H,7,13,15,18,20-21H2,1-6H3,(H,55,62);1-2H3;1H,(H,2,3). The normalized spacial score (nSPS) is 14.3. The number of carbonyl (C=O) groups excluding carboxylic acids is 2. The van der Waals surface area contributed by atoms with Gasteiger partial charge < -0.3 is 15.3 Å². The lowest BCUT2D eigenvalue weighted by Crippen LogP contribution is -2.42. The predicted octanol–water partition coefficient (Wildman–Crippen LogP) is 9.35. The molecular weight excluding hydrogens is 1040 g/mol. The molecule has 0 radical (unpaired) electrons. The Balaban J connectivity index is 0.00000217. The number of carbonyl (C=O) groups is 3. The Morgan fingerprint density at radius 1 is 0.986 bits per heavy atom. The van der Waals surface area contributed by atoms with E-state index in [0.717, 1.165) is 23.3 Å². The fourth-order valence-electron chi connectivity index (χ4n) is 7.29. The molecule has 0 fully saturated rings. The van der Waals surface area contributed by atoms with Crippen LogP contribution in [-0.4, -0.2) is 98.4 Å². The minimum atomic E-state index is -5.18. The number of nitrogens with zero attached hydrogens (tertiary/aromatic N) is 7. The summed E-state index contributed by atoms with van der Waals surface area (Å²) in [6.45, 7) is 5.44. The number of pyridine rings is 1. The van der Waals surface area contributed by atoms with Gasteiger partial charge in [0.25, 0.3) is 12.4 Å². The summed E-state index contributed by atoms with van der Waals surface area (Å²) in [6, 6.07) is 4.73. The average Bonchev–Trinajstić information content (AvgIpc) is 3.94. The highest BCUT2D eigenvalue weighted by Crippen LogP contribution is 2.47. The van der Waals surface area contributed by atoms with E-state index in [2.05, 4.69) is 32.3 Å². The van der Waals surface area contributed by atoms with Crippen LogP contribution in [0.25, 0.3) is 22.0 Å². The van der Waals surface area contributed by atoms with Crippen LogP contribution in [0.2, 0.25) is 5.02 Å². The number of benzene rings is 2. The van der Waals surface area contributed by atoms with Crippen molar-refractivity contribution in [3.05, 3.63) is 93.0 Å². The fraction of sp³-hybridized carbons (Fsp3) is 0.422. The molecule has 2 aromatic carbocycles. The first-order chi connectivity index (χ1) is 33.4. The summed E-state index contributed by atoms with van der Waals surface area (Å²) in [5.74, 6) is -2.24. The molecule has 0 saturated heterocycles. The number of amides is 3. The van der Waals surface area contributed by atoms with Crippen LogP contribution < -0.4 is 9.62 Å². The highest BCUT2D eigenvalue weighted by Gasteiger charge is 2.50. The maximum Gasteiger partial charge on any atom is 0.435 e. The van der Waals surface area contributed by atoms with Crippen molar-refractivity contribution < 1.29 is 71.8 Å². The summed E-state index contributed by atoms with van der Waals surface area (Å²) in [5, 5.41) is 16.3. The van der Waals surface area contributed by atoms with Crippen molar-refractivity contribution in [1.29, 1.82) is 0 Å². The maximum absolute atomic E-state index is 15.1. The number of nitrogens with one attached hydrogen (secondary N) is 1. The van der Waals surface area contributed by atoms with E-state index in [0.29, 0.717) is 15.1 Å². The van der Waals surface area contributed by atoms with E-state index >= 15 is 8.78 Å². The zero-order chi connectivity index (χ0) is 54.4. The van der Waals surface area contributed by atoms with Gasteiger partial charge in [0.2, 0.25) is 5.91 Å². The van der Waals surface area contributed by atoms with Crippen molar-refractivity contribution in [2.45, 2.75) is 96.0 Å². The van der Waals surface area contributed by atoms with Crippen LogP contribution in [0.3, 0.4) is 0 Å². The van der Waals surface area contributed by atoms with Crippen LogP contribution in [0, 0.1) is 23.5 Å². The number of hydrogen-bond donors (Lipinski definition) is 2. The molecule has 0 bridgehead atoms. The minimum Gasteiger partial charge on any atom is -0.483 e. The van der Waals surface area contributed by atoms with Gasteiger partial charge in [-0.05, 0) is 75.4 Å². The molecule has 2 N–H and O–H groups in total. The van der Waals surface area contributed by atoms with Gasteiger partial charge >= 0.3 is 18.4 Å². The van der Waals surface area contributed by atoms with E-state index in [4.69, 9.17) is 21.5 Å². The second-order valence-electron chi connectivity index (χ2n) is 16.0. The Kier molecular flexibility index (Phi) is 18.9. The number of rotatable bonds is 12. The topological polar surface area (TPSA) is 173 Å². The quantitative estimate of drug-likeness (QED) is 0.0702. The number of alkyl halides is 8. The molecule has 5 aromatic rings. The smallest absolute Gasteiger partial charge is 0.435 e. The van der Waals surface area contributed by atoms with Crippen LogP contribution in [0.15, 0.2) is 42.5 Å². The third-order valence-corrected chi connectivity index (χ3v) is 13.4. The Morgan fingerprint density at radius 2 is 1.58 bits per heavy atom. The predicted molar refractivity (Wildman–Crippen MR) is 250 cm³/mol. The first kappa shape index (κ1) is 58.5. The first-order valence-electron chi connectivity index (χ1n) is 21.3. The van der Waals surface area contributed by atoms with E-state index in [-0.39, 0.29) is 56.2 Å². The SMILES string of the molecule is CC.CCN(C)C(=O)N(c1nn(CC(F)(F)F)c2c(-c3ccc(C#CC(C)(C)S(C)=O)nc3C(Cc3cc(F)cc(F)c3)NC(=O)Cn3nc(C(F)(F)F)c4c3C(F)(F)CC4)ccc(Cl)c12)S(C)=O.O=CO. The maximum atomic E-state index is 15.1. The van der Waals surface area contributed by atoms with Crippen molar-refractivity contribution in [1.82, 2.24) is 34.8 Å². The van der Waals surface area contributed by atoms with E-state index in [1.165, 1.54) is 37.6 Å². The van der Waals surface area contributed by atoms with Crippen molar-refractivity contribution in [3.8, 4) is 23.0 Å². The molecule has 3 heterocycles. The van der Waals surface area contributed by atoms with Gasteiger partial charge in [-0.3, -0.25) is 23.2 Å². The molecule has 0 spiro atoms. The zero-order valence-electron chi connectivity index (χ0n) is 39.5. The number of anilines is 1. The van der Waals surface area contributed by atoms with Crippen LogP contribution in [-0.2, 0) is 69.4 Å². The van der Waals surface area contributed by atoms with Gasteiger partial charge in [0, 0.05) is 66.1 Å². The molecule has 6 rings (SSSR count). The zero-order valence-corrected chi connectivity index (χ0v) is 41.9. The highest BCUT2D eigenvalue weighted by molar-refractivity contribution is 7.86. The molecule has 3 unspecified atom stereocenters. The number of urea groups is 1. The van der Waals surface area contributed by atoms with Crippen molar-refractivity contribution in [3.63, 3.8) is 0 Å². The molecule has 72 heavy (non-hydrogen) atoms. The van der Waals surface area contributed by atoms with Crippen molar-refractivity contribution in [2.24, 2.45) is 0 Å². The van der Waals surface area contributed by atoms with Crippen LogP contribution in [0.1, 0.15) is 81.0 Å². The molecule has 27 heteroatoms. The number of carboxylic acid groups (broad SMARTS) is 1. The van der Waals surface area contributed by atoms with Gasteiger partial charge in [0.05, 0.1) is 27.7 Å². The largest absolute Gasteiger partial charge is 0.483 e. The molecule has 3 amide bonds. The summed E-state index contributed by atoms with van der Waals surface area (Å²) in [6.07, 6.45) is -10.0. The van der Waals surface area contributed by atoms with E-state index in [1.807, 2.05) is 13.8 Å². The summed E-state index contributed by atoms with van der Waals surface area (Å²) < 4.78 is 171. The van der Waals surface area contributed by atoms with Gasteiger partial charge in [-0.2, -0.15) is 49.6 Å². The highest BCUT2D eigenvalue weighted by atomic mass is 35.5. The molecule has 1 aliphatic rings. The number of halogens is 11. The van der Waals surface area contributed by atoms with Crippen LogP contribution in [0.4, 0.5) is 54.5 Å².